The summed E-state index contributed by atoms with van der Waals surface area (Å²) in [4.78, 5) is 21.7. The zero-order chi connectivity index (χ0) is 15.2. The molecule has 1 atom stereocenters. The molecular weight excluding hydrogens is 254 g/mol. The topological polar surface area (TPSA) is 69.2 Å². The first-order chi connectivity index (χ1) is 9.57. The molecule has 0 aliphatic rings. The van der Waals surface area contributed by atoms with E-state index in [1.807, 2.05) is 0 Å². The molecule has 0 fully saturated rings. The molecule has 1 amide bonds. The summed E-state index contributed by atoms with van der Waals surface area (Å²) in [7, 11) is 0. The molecular formula is C16H30NO3-. The average Bonchev–Trinajstić information content (AvgIpc) is 2.39. The Bertz CT molecular complexity index is 266. The SMILES string of the molecule is CCCCCCCCC(CCCCNC(C)=O)C(=O)[O-]. The second-order valence-electron chi connectivity index (χ2n) is 5.55. The lowest BCUT2D eigenvalue weighted by Gasteiger charge is -2.17. The van der Waals surface area contributed by atoms with Crippen LogP contribution in [0.15, 0.2) is 0 Å². The van der Waals surface area contributed by atoms with E-state index < -0.39 is 5.97 Å². The maximum Gasteiger partial charge on any atom is 0.216 e. The van der Waals surface area contributed by atoms with E-state index in [9.17, 15) is 14.7 Å². The summed E-state index contributed by atoms with van der Waals surface area (Å²) in [5, 5.41) is 13.8. The van der Waals surface area contributed by atoms with Gasteiger partial charge in [-0.25, -0.2) is 0 Å². The molecule has 0 bridgehead atoms. The minimum absolute atomic E-state index is 0.0338. The Kier molecular flexibility index (Phi) is 12.3. The van der Waals surface area contributed by atoms with Crippen LogP contribution in [0.1, 0.15) is 78.1 Å². The van der Waals surface area contributed by atoms with Crippen LogP contribution in [0.5, 0.6) is 0 Å². The fourth-order valence-corrected chi connectivity index (χ4v) is 2.33. The summed E-state index contributed by atoms with van der Waals surface area (Å²) in [6, 6.07) is 0. The third kappa shape index (κ3) is 12.0. The Morgan fingerprint density at radius 3 is 2.05 bits per heavy atom. The largest absolute Gasteiger partial charge is 0.550 e. The highest BCUT2D eigenvalue weighted by molar-refractivity contribution is 5.72. The Morgan fingerprint density at radius 2 is 1.50 bits per heavy atom. The van der Waals surface area contributed by atoms with E-state index in [1.54, 1.807) is 0 Å². The van der Waals surface area contributed by atoms with Crippen LogP contribution in [0.25, 0.3) is 0 Å². The van der Waals surface area contributed by atoms with Crippen LogP contribution in [0.2, 0.25) is 0 Å². The molecule has 0 aromatic carbocycles. The molecule has 4 nitrogen and oxygen atoms in total. The van der Waals surface area contributed by atoms with Crippen molar-refractivity contribution in [2.75, 3.05) is 6.54 Å². The van der Waals surface area contributed by atoms with Gasteiger partial charge in [0.05, 0.1) is 0 Å². The van der Waals surface area contributed by atoms with Gasteiger partial charge in [0.15, 0.2) is 0 Å². The van der Waals surface area contributed by atoms with Crippen molar-refractivity contribution < 1.29 is 14.7 Å². The molecule has 0 saturated carbocycles. The summed E-state index contributed by atoms with van der Waals surface area (Å²) in [6.07, 6.45) is 10.1. The van der Waals surface area contributed by atoms with Crippen LogP contribution < -0.4 is 10.4 Å². The molecule has 0 aromatic heterocycles. The molecule has 0 heterocycles. The van der Waals surface area contributed by atoms with Crippen molar-refractivity contribution in [3.8, 4) is 0 Å². The molecule has 0 rings (SSSR count). The van der Waals surface area contributed by atoms with Crippen molar-refractivity contribution in [3.05, 3.63) is 0 Å². The minimum atomic E-state index is -0.918. The number of hydrogen-bond acceptors (Lipinski definition) is 3. The third-order valence-corrected chi connectivity index (χ3v) is 3.59. The van der Waals surface area contributed by atoms with Gasteiger partial charge in [-0.15, -0.1) is 0 Å². The van der Waals surface area contributed by atoms with Crippen molar-refractivity contribution in [1.82, 2.24) is 5.32 Å². The summed E-state index contributed by atoms with van der Waals surface area (Å²) < 4.78 is 0. The molecule has 118 valence electrons. The molecule has 0 aromatic rings. The fraction of sp³-hybridized carbons (Fsp3) is 0.875. The van der Waals surface area contributed by atoms with Gasteiger partial charge in [-0.3, -0.25) is 4.79 Å². The van der Waals surface area contributed by atoms with Crippen LogP contribution in [-0.2, 0) is 9.59 Å². The molecule has 0 radical (unpaired) electrons. The second kappa shape index (κ2) is 12.9. The van der Waals surface area contributed by atoms with E-state index in [2.05, 4.69) is 12.2 Å². The third-order valence-electron chi connectivity index (χ3n) is 3.59. The van der Waals surface area contributed by atoms with Gasteiger partial charge in [-0.05, 0) is 25.2 Å². The van der Waals surface area contributed by atoms with Crippen molar-refractivity contribution in [1.29, 1.82) is 0 Å². The molecule has 0 saturated heterocycles. The Balaban J connectivity index is 3.61. The highest BCUT2D eigenvalue weighted by Gasteiger charge is 2.09. The van der Waals surface area contributed by atoms with Gasteiger partial charge in [-0.1, -0.05) is 51.9 Å². The molecule has 0 aliphatic heterocycles. The van der Waals surface area contributed by atoms with Crippen LogP contribution in [0.4, 0.5) is 0 Å². The zero-order valence-electron chi connectivity index (χ0n) is 13.1. The van der Waals surface area contributed by atoms with Gasteiger partial charge >= 0.3 is 0 Å². The number of carbonyl (C=O) groups is 2. The van der Waals surface area contributed by atoms with Gasteiger partial charge in [0.25, 0.3) is 0 Å². The predicted molar refractivity (Wildman–Crippen MR) is 79.0 cm³/mol. The highest BCUT2D eigenvalue weighted by atomic mass is 16.4. The van der Waals surface area contributed by atoms with Crippen LogP contribution in [0.3, 0.4) is 0 Å². The number of carbonyl (C=O) groups excluding carboxylic acids is 2. The number of aliphatic carboxylic acids is 1. The molecule has 1 N–H and O–H groups in total. The molecule has 0 spiro atoms. The van der Waals surface area contributed by atoms with Gasteiger partial charge in [0.1, 0.15) is 0 Å². The molecule has 1 unspecified atom stereocenters. The first-order valence-corrected chi connectivity index (χ1v) is 8.03. The van der Waals surface area contributed by atoms with Crippen molar-refractivity contribution in [2.24, 2.45) is 5.92 Å². The van der Waals surface area contributed by atoms with E-state index in [4.69, 9.17) is 0 Å². The summed E-state index contributed by atoms with van der Waals surface area (Å²) in [6.45, 7) is 4.31. The predicted octanol–water partition coefficient (Wildman–Crippen LogP) is 2.41. The lowest BCUT2D eigenvalue weighted by molar-refractivity contribution is -0.312. The van der Waals surface area contributed by atoms with Crippen LogP contribution >= 0.6 is 0 Å². The quantitative estimate of drug-likeness (QED) is 0.528. The van der Waals surface area contributed by atoms with E-state index in [0.29, 0.717) is 13.0 Å². The Labute approximate surface area is 123 Å². The fourth-order valence-electron chi connectivity index (χ4n) is 2.33. The number of unbranched alkanes of at least 4 members (excludes halogenated alkanes) is 6. The van der Waals surface area contributed by atoms with Crippen LogP contribution in [-0.4, -0.2) is 18.4 Å². The standard InChI is InChI=1S/C16H31NO3/c1-3-4-5-6-7-8-11-15(16(19)20)12-9-10-13-17-14(2)18/h15H,3-13H2,1-2H3,(H,17,18)(H,19,20)/p-1. The molecule has 20 heavy (non-hydrogen) atoms. The first kappa shape index (κ1) is 18.9. The van der Waals surface area contributed by atoms with E-state index in [1.165, 1.54) is 32.6 Å². The van der Waals surface area contributed by atoms with Crippen molar-refractivity contribution in [3.63, 3.8) is 0 Å². The van der Waals surface area contributed by atoms with Gasteiger partial charge in [0.2, 0.25) is 5.91 Å². The van der Waals surface area contributed by atoms with E-state index in [0.717, 1.165) is 32.1 Å². The number of carboxylic acid groups (broad SMARTS) is 1. The monoisotopic (exact) mass is 284 g/mol. The molecule has 0 aliphatic carbocycles. The number of carboxylic acids is 1. The summed E-state index contributed by atoms with van der Waals surface area (Å²) in [5.74, 6) is -1.27. The zero-order valence-corrected chi connectivity index (χ0v) is 13.1. The maximum absolute atomic E-state index is 11.1. The maximum atomic E-state index is 11.1. The smallest absolute Gasteiger partial charge is 0.216 e. The Hall–Kier alpha value is -1.06. The highest BCUT2D eigenvalue weighted by Crippen LogP contribution is 2.17. The van der Waals surface area contributed by atoms with Crippen LogP contribution in [0, 0.1) is 5.92 Å². The lowest BCUT2D eigenvalue weighted by atomic mass is 9.95. The lowest BCUT2D eigenvalue weighted by Crippen LogP contribution is -2.31. The number of amides is 1. The summed E-state index contributed by atoms with van der Waals surface area (Å²) >= 11 is 0. The van der Waals surface area contributed by atoms with E-state index in [-0.39, 0.29) is 11.8 Å². The minimum Gasteiger partial charge on any atom is -0.550 e. The normalized spacial score (nSPS) is 12.1. The van der Waals surface area contributed by atoms with Crippen molar-refractivity contribution >= 4 is 11.9 Å². The number of rotatable bonds is 13. The van der Waals surface area contributed by atoms with Crippen molar-refractivity contribution in [2.45, 2.75) is 78.1 Å². The Morgan fingerprint density at radius 1 is 0.950 bits per heavy atom. The van der Waals surface area contributed by atoms with Gasteiger partial charge in [0, 0.05) is 19.4 Å². The second-order valence-corrected chi connectivity index (χ2v) is 5.55. The molecule has 4 heteroatoms. The van der Waals surface area contributed by atoms with Gasteiger partial charge < -0.3 is 15.2 Å². The number of nitrogens with one attached hydrogen (secondary N) is 1. The summed E-state index contributed by atoms with van der Waals surface area (Å²) in [5.41, 5.74) is 0. The number of hydrogen-bond donors (Lipinski definition) is 1. The van der Waals surface area contributed by atoms with Gasteiger partial charge in [-0.2, -0.15) is 0 Å². The average molecular weight is 284 g/mol. The first-order valence-electron chi connectivity index (χ1n) is 8.03. The van der Waals surface area contributed by atoms with E-state index >= 15 is 0 Å².